The van der Waals surface area contributed by atoms with Gasteiger partial charge in [-0.05, 0) is 23.6 Å². The Morgan fingerprint density at radius 3 is 2.26 bits per heavy atom. The first-order valence-electron chi connectivity index (χ1n) is 4.85. The molecule has 0 aliphatic heterocycles. The quantitative estimate of drug-likeness (QED) is 0.810. The average Bonchev–Trinajstić information content (AvgIpc) is 2.25. The fourth-order valence-corrected chi connectivity index (χ4v) is 3.49. The highest BCUT2D eigenvalue weighted by Crippen LogP contribution is 2.31. The topological polar surface area (TPSA) is 115 Å². The summed E-state index contributed by atoms with van der Waals surface area (Å²) in [7, 11) is -8.72. The lowest BCUT2D eigenvalue weighted by Gasteiger charge is -2.08. The van der Waals surface area contributed by atoms with Gasteiger partial charge >= 0.3 is 0 Å². The van der Waals surface area contributed by atoms with Crippen molar-refractivity contribution in [3.05, 3.63) is 30.3 Å². The average molecular weight is 318 g/mol. The molecule has 6 nitrogen and oxygen atoms in total. The second-order valence-corrected chi connectivity index (χ2v) is 7.19. The van der Waals surface area contributed by atoms with Crippen molar-refractivity contribution >= 4 is 43.5 Å². The Balaban J connectivity index is 3.07. The van der Waals surface area contributed by atoms with E-state index in [1.165, 1.54) is 12.1 Å². The fraction of sp³-hybridized carbons (Fsp3) is 0. The lowest BCUT2D eigenvalue weighted by molar-refractivity contribution is 0.483. The van der Waals surface area contributed by atoms with E-state index in [-0.39, 0.29) is 15.7 Å². The van der Waals surface area contributed by atoms with Crippen LogP contribution in [0.4, 0.5) is 0 Å². The van der Waals surface area contributed by atoms with Gasteiger partial charge in [-0.25, -0.2) is 13.6 Å². The van der Waals surface area contributed by atoms with E-state index in [2.05, 4.69) is 0 Å². The first kappa shape index (κ1) is 14.2. The number of nitrogens with two attached hydrogens (primary N) is 1. The minimum atomic E-state index is -4.54. The van der Waals surface area contributed by atoms with Crippen molar-refractivity contribution in [2.24, 2.45) is 5.14 Å². The van der Waals surface area contributed by atoms with Crippen LogP contribution in [0.5, 0.6) is 0 Å². The van der Waals surface area contributed by atoms with Crippen molar-refractivity contribution in [2.45, 2.75) is 14.7 Å². The molecule has 0 unspecified atom stereocenters. The molecule has 0 spiro atoms. The van der Waals surface area contributed by atoms with Crippen LogP contribution < -0.4 is 5.14 Å². The Bertz CT molecular complexity index is 871. The number of hydrogen-bond acceptors (Lipinski definition) is 4. The van der Waals surface area contributed by atoms with Crippen LogP contribution in [0.3, 0.4) is 0 Å². The third-order valence-corrected chi connectivity index (χ3v) is 4.59. The summed E-state index contributed by atoms with van der Waals surface area (Å²) in [6, 6.07) is 6.46. The molecule has 1 radical (unpaired) electrons. The molecule has 0 aromatic heterocycles. The molecule has 0 fully saturated rings. The van der Waals surface area contributed by atoms with E-state index < -0.39 is 29.9 Å². The minimum Gasteiger partial charge on any atom is -0.282 e. The van der Waals surface area contributed by atoms with Gasteiger partial charge in [0.25, 0.3) is 10.1 Å². The molecule has 19 heavy (non-hydrogen) atoms. The van der Waals surface area contributed by atoms with Gasteiger partial charge in [0.2, 0.25) is 10.0 Å². The molecular weight excluding hydrogens is 310 g/mol. The Kier molecular flexibility index (Phi) is 3.27. The zero-order valence-corrected chi connectivity index (χ0v) is 11.7. The third-order valence-electron chi connectivity index (χ3n) is 2.48. The standard InChI is InChI=1S/C10H8NO5S3/c11-18(12,13)9-5-7(19(14,15)16)4-6-2-1-3-8(17)10(6)9/h1-5H,(H2,11,12,13)(H,14,15,16). The smallest absolute Gasteiger partial charge is 0.282 e. The van der Waals surface area contributed by atoms with Crippen molar-refractivity contribution in [3.63, 3.8) is 0 Å². The zero-order chi connectivity index (χ0) is 14.4. The molecule has 2 aromatic carbocycles. The molecule has 9 heteroatoms. The van der Waals surface area contributed by atoms with Crippen LogP contribution >= 0.6 is 12.6 Å². The first-order chi connectivity index (χ1) is 8.60. The SMILES string of the molecule is NS(=O)(=O)c1cc(S(=O)(=O)O)cc2cccc([S])c12. The molecule has 2 rings (SSSR count). The molecule has 0 heterocycles. The molecule has 0 amide bonds. The minimum absolute atomic E-state index is 0.160. The zero-order valence-electron chi connectivity index (χ0n) is 9.27. The summed E-state index contributed by atoms with van der Waals surface area (Å²) in [5.41, 5.74) is 0. The summed E-state index contributed by atoms with van der Waals surface area (Å²) < 4.78 is 54.4. The summed E-state index contributed by atoms with van der Waals surface area (Å²) in [5, 5.41) is 5.48. The number of fused-ring (bicyclic) bond motifs is 1. The van der Waals surface area contributed by atoms with Gasteiger partial charge in [-0.1, -0.05) is 24.8 Å². The van der Waals surface area contributed by atoms with Gasteiger partial charge in [-0.3, -0.25) is 4.55 Å². The van der Waals surface area contributed by atoms with Gasteiger partial charge in [-0.2, -0.15) is 8.42 Å². The van der Waals surface area contributed by atoms with E-state index in [9.17, 15) is 16.8 Å². The summed E-state index contributed by atoms with van der Waals surface area (Å²) >= 11 is 5.01. The number of rotatable bonds is 2. The van der Waals surface area contributed by atoms with Crippen LogP contribution in [-0.2, 0) is 20.1 Å². The summed E-state index contributed by atoms with van der Waals surface area (Å²) in [5.74, 6) is 0. The van der Waals surface area contributed by atoms with E-state index >= 15 is 0 Å². The number of hydrogen-bond donors (Lipinski definition) is 2. The van der Waals surface area contributed by atoms with Gasteiger partial charge in [0.1, 0.15) is 0 Å². The van der Waals surface area contributed by atoms with Crippen molar-refractivity contribution in [3.8, 4) is 0 Å². The predicted octanol–water partition coefficient (Wildman–Crippen LogP) is 1.29. The monoisotopic (exact) mass is 318 g/mol. The van der Waals surface area contributed by atoms with Gasteiger partial charge in [0.15, 0.2) is 0 Å². The molecule has 0 aliphatic rings. The molecule has 0 bridgehead atoms. The molecule has 0 aliphatic carbocycles. The summed E-state index contributed by atoms with van der Waals surface area (Å²) in [6.07, 6.45) is 0. The number of primary sulfonamides is 1. The second-order valence-electron chi connectivity index (χ2n) is 3.80. The highest BCUT2D eigenvalue weighted by Gasteiger charge is 2.20. The predicted molar refractivity (Wildman–Crippen MR) is 71.0 cm³/mol. The molecule has 0 saturated carbocycles. The van der Waals surface area contributed by atoms with Crippen LogP contribution in [0.2, 0.25) is 0 Å². The van der Waals surface area contributed by atoms with E-state index in [0.29, 0.717) is 0 Å². The lowest BCUT2D eigenvalue weighted by atomic mass is 10.1. The van der Waals surface area contributed by atoms with Gasteiger partial charge in [-0.15, -0.1) is 0 Å². The van der Waals surface area contributed by atoms with Crippen LogP contribution in [0.25, 0.3) is 10.8 Å². The van der Waals surface area contributed by atoms with Crippen LogP contribution in [0, 0.1) is 0 Å². The summed E-state index contributed by atoms with van der Waals surface area (Å²) in [6.45, 7) is 0. The molecule has 0 saturated heterocycles. The fourth-order valence-electron chi connectivity index (χ4n) is 1.70. The highest BCUT2D eigenvalue weighted by molar-refractivity contribution is 7.89. The van der Waals surface area contributed by atoms with Gasteiger partial charge in [0, 0.05) is 10.3 Å². The van der Waals surface area contributed by atoms with E-state index in [1.54, 1.807) is 6.07 Å². The van der Waals surface area contributed by atoms with Crippen LogP contribution in [0.15, 0.2) is 45.0 Å². The number of benzene rings is 2. The van der Waals surface area contributed by atoms with E-state index in [0.717, 1.165) is 12.1 Å². The molecule has 3 N–H and O–H groups in total. The van der Waals surface area contributed by atoms with Crippen molar-refractivity contribution in [2.75, 3.05) is 0 Å². The third kappa shape index (κ3) is 2.69. The Morgan fingerprint density at radius 1 is 1.11 bits per heavy atom. The number of sulfonamides is 1. The van der Waals surface area contributed by atoms with Gasteiger partial charge < -0.3 is 0 Å². The second kappa shape index (κ2) is 4.39. The molecular formula is C10H8NO5S3. The molecule has 101 valence electrons. The highest BCUT2D eigenvalue weighted by atomic mass is 32.2. The summed E-state index contributed by atoms with van der Waals surface area (Å²) in [4.78, 5) is -0.753. The Labute approximate surface area is 115 Å². The van der Waals surface area contributed by atoms with Crippen LogP contribution in [0.1, 0.15) is 0 Å². The molecule has 2 aromatic rings. The maximum absolute atomic E-state index is 11.5. The Morgan fingerprint density at radius 2 is 1.74 bits per heavy atom. The van der Waals surface area contributed by atoms with E-state index in [1.807, 2.05) is 0 Å². The first-order valence-corrected chi connectivity index (χ1v) is 8.24. The maximum atomic E-state index is 11.5. The molecule has 0 atom stereocenters. The van der Waals surface area contributed by atoms with Crippen molar-refractivity contribution < 1.29 is 21.4 Å². The van der Waals surface area contributed by atoms with E-state index in [4.69, 9.17) is 22.3 Å². The van der Waals surface area contributed by atoms with Gasteiger partial charge in [0.05, 0.1) is 9.79 Å². The normalized spacial score (nSPS) is 12.7. The maximum Gasteiger partial charge on any atom is 0.294 e. The van der Waals surface area contributed by atoms with Crippen molar-refractivity contribution in [1.82, 2.24) is 0 Å². The Hall–Kier alpha value is -1.26. The lowest BCUT2D eigenvalue weighted by Crippen LogP contribution is -2.14. The van der Waals surface area contributed by atoms with Crippen molar-refractivity contribution in [1.29, 1.82) is 0 Å². The largest absolute Gasteiger partial charge is 0.294 e. The van der Waals surface area contributed by atoms with Crippen LogP contribution in [-0.4, -0.2) is 21.4 Å².